The minimum Gasteiger partial charge on any atom is -0.323 e. The lowest BCUT2D eigenvalue weighted by molar-refractivity contribution is -0.113. The highest BCUT2D eigenvalue weighted by Gasteiger charge is 2.05. The molecular weight excluding hydrogens is 215 g/mol. The van der Waals surface area contributed by atoms with E-state index in [4.69, 9.17) is 5.26 Å². The lowest BCUT2D eigenvalue weighted by Crippen LogP contribution is -2.15. The largest absolute Gasteiger partial charge is 0.323 e. The molecule has 0 radical (unpaired) electrons. The molecule has 1 aromatic carbocycles. The van der Waals surface area contributed by atoms with Crippen molar-refractivity contribution in [3.05, 3.63) is 30.1 Å². The van der Waals surface area contributed by atoms with Gasteiger partial charge in [0.2, 0.25) is 5.91 Å². The summed E-state index contributed by atoms with van der Waals surface area (Å²) in [5.41, 5.74) is 0.167. The van der Waals surface area contributed by atoms with Crippen molar-refractivity contribution in [2.75, 3.05) is 16.8 Å². The smallest absolute Gasteiger partial charge is 0.234 e. The van der Waals surface area contributed by atoms with Crippen LogP contribution in [-0.4, -0.2) is 17.4 Å². The molecule has 0 bridgehead atoms. The third-order valence-electron chi connectivity index (χ3n) is 1.55. The quantitative estimate of drug-likeness (QED) is 0.796. The van der Waals surface area contributed by atoms with Gasteiger partial charge in [0.05, 0.1) is 23.3 Å². The fraction of sp³-hybridized carbons (Fsp3) is 0.200. The molecule has 0 unspecified atom stereocenters. The number of thioether (sulfide) groups is 1. The molecule has 0 aliphatic carbocycles. The third kappa shape index (κ3) is 4.00. The SMILES string of the molecule is N#CCSCC(=O)Nc1ccccc1F. The van der Waals surface area contributed by atoms with Crippen molar-refractivity contribution in [2.45, 2.75) is 0 Å². The first kappa shape index (κ1) is 11.5. The molecule has 3 nitrogen and oxygen atoms in total. The number of halogens is 1. The maximum Gasteiger partial charge on any atom is 0.234 e. The van der Waals surface area contributed by atoms with Crippen LogP contribution in [-0.2, 0) is 4.79 Å². The lowest BCUT2D eigenvalue weighted by atomic mass is 10.3. The van der Waals surface area contributed by atoms with E-state index in [0.29, 0.717) is 0 Å². The number of rotatable bonds is 4. The van der Waals surface area contributed by atoms with E-state index in [1.807, 2.05) is 6.07 Å². The van der Waals surface area contributed by atoms with E-state index in [1.165, 1.54) is 23.9 Å². The molecule has 0 heterocycles. The van der Waals surface area contributed by atoms with Crippen molar-refractivity contribution in [1.29, 1.82) is 5.26 Å². The van der Waals surface area contributed by atoms with Gasteiger partial charge in [-0.3, -0.25) is 4.79 Å². The first-order valence-corrected chi connectivity index (χ1v) is 5.38. The van der Waals surface area contributed by atoms with Crippen molar-refractivity contribution in [1.82, 2.24) is 0 Å². The molecule has 15 heavy (non-hydrogen) atoms. The summed E-state index contributed by atoms with van der Waals surface area (Å²) in [5, 5.41) is 10.7. The summed E-state index contributed by atoms with van der Waals surface area (Å²) in [5.74, 6) is -0.358. The summed E-state index contributed by atoms with van der Waals surface area (Å²) >= 11 is 1.19. The number of nitrogens with one attached hydrogen (secondary N) is 1. The normalized spacial score (nSPS) is 9.33. The first-order chi connectivity index (χ1) is 7.24. The number of hydrogen-bond donors (Lipinski definition) is 1. The van der Waals surface area contributed by atoms with Gasteiger partial charge in [0.15, 0.2) is 0 Å². The molecule has 1 N–H and O–H groups in total. The van der Waals surface area contributed by atoms with E-state index < -0.39 is 5.82 Å². The Labute approximate surface area is 91.3 Å². The maximum absolute atomic E-state index is 13.1. The average molecular weight is 224 g/mol. The molecule has 0 saturated heterocycles. The predicted octanol–water partition coefficient (Wildman–Crippen LogP) is 2.02. The molecule has 5 heteroatoms. The van der Waals surface area contributed by atoms with Crippen molar-refractivity contribution in [2.24, 2.45) is 0 Å². The number of amides is 1. The van der Waals surface area contributed by atoms with Crippen molar-refractivity contribution < 1.29 is 9.18 Å². The van der Waals surface area contributed by atoms with Gasteiger partial charge < -0.3 is 5.32 Å². The minimum absolute atomic E-state index is 0.155. The van der Waals surface area contributed by atoms with Gasteiger partial charge in [-0.05, 0) is 12.1 Å². The molecule has 0 aromatic heterocycles. The molecule has 0 aliphatic heterocycles. The Morgan fingerprint density at radius 1 is 1.53 bits per heavy atom. The highest BCUT2D eigenvalue weighted by molar-refractivity contribution is 8.00. The Kier molecular flexibility index (Phi) is 4.64. The van der Waals surface area contributed by atoms with Gasteiger partial charge in [0.1, 0.15) is 5.82 Å². The molecule has 0 aliphatic rings. The predicted molar refractivity (Wildman–Crippen MR) is 58.0 cm³/mol. The van der Waals surface area contributed by atoms with Gasteiger partial charge in [-0.15, -0.1) is 11.8 Å². The Balaban J connectivity index is 2.45. The topological polar surface area (TPSA) is 52.9 Å². The first-order valence-electron chi connectivity index (χ1n) is 4.23. The third-order valence-corrected chi connectivity index (χ3v) is 2.35. The summed E-state index contributed by atoms with van der Waals surface area (Å²) in [6, 6.07) is 7.86. The second-order valence-corrected chi connectivity index (χ2v) is 3.66. The van der Waals surface area contributed by atoms with E-state index >= 15 is 0 Å². The maximum atomic E-state index is 13.1. The van der Waals surface area contributed by atoms with Crippen LogP contribution < -0.4 is 5.32 Å². The van der Waals surface area contributed by atoms with Gasteiger partial charge in [0.25, 0.3) is 0 Å². The molecule has 0 atom stereocenters. The zero-order chi connectivity index (χ0) is 11.1. The van der Waals surface area contributed by atoms with Gasteiger partial charge in [-0.25, -0.2) is 4.39 Å². The Morgan fingerprint density at radius 3 is 2.93 bits per heavy atom. The van der Waals surface area contributed by atoms with Gasteiger partial charge in [0, 0.05) is 0 Å². The average Bonchev–Trinajstić information content (AvgIpc) is 2.22. The van der Waals surface area contributed by atoms with Crippen molar-refractivity contribution in [3.8, 4) is 6.07 Å². The highest BCUT2D eigenvalue weighted by atomic mass is 32.2. The number of nitrogens with zero attached hydrogens (tertiary/aromatic N) is 1. The molecule has 1 rings (SSSR count). The minimum atomic E-state index is -0.462. The fourth-order valence-corrected chi connectivity index (χ4v) is 1.39. The molecule has 1 amide bonds. The summed E-state index contributed by atoms with van der Waals surface area (Å²) < 4.78 is 13.1. The number of benzene rings is 1. The van der Waals surface area contributed by atoms with Crippen LogP contribution in [0.5, 0.6) is 0 Å². The Morgan fingerprint density at radius 2 is 2.27 bits per heavy atom. The second kappa shape index (κ2) is 6.04. The highest BCUT2D eigenvalue weighted by Crippen LogP contribution is 2.12. The standard InChI is InChI=1S/C10H9FN2OS/c11-8-3-1-2-4-9(8)13-10(14)7-15-6-5-12/h1-4H,6-7H2,(H,13,14). The molecule has 1 aromatic rings. The number of carbonyl (C=O) groups excluding carboxylic acids is 1. The Bertz CT molecular complexity index is 389. The molecule has 0 spiro atoms. The van der Waals surface area contributed by atoms with E-state index in [-0.39, 0.29) is 23.1 Å². The van der Waals surface area contributed by atoms with Crippen LogP contribution in [0.3, 0.4) is 0 Å². The van der Waals surface area contributed by atoms with Crippen LogP contribution in [0.15, 0.2) is 24.3 Å². The zero-order valence-corrected chi connectivity index (χ0v) is 8.68. The number of nitriles is 1. The van der Waals surface area contributed by atoms with Crippen LogP contribution >= 0.6 is 11.8 Å². The number of carbonyl (C=O) groups is 1. The lowest BCUT2D eigenvalue weighted by Gasteiger charge is -2.04. The summed E-state index contributed by atoms with van der Waals surface area (Å²) in [6.45, 7) is 0. The molecule has 0 fully saturated rings. The molecular formula is C10H9FN2OS. The fourth-order valence-electron chi connectivity index (χ4n) is 0.938. The van der Waals surface area contributed by atoms with E-state index in [1.54, 1.807) is 12.1 Å². The number of anilines is 1. The van der Waals surface area contributed by atoms with Crippen LogP contribution in [0.1, 0.15) is 0 Å². The van der Waals surface area contributed by atoms with Gasteiger partial charge in [-0.1, -0.05) is 12.1 Å². The van der Waals surface area contributed by atoms with Crippen LogP contribution in [0, 0.1) is 17.1 Å². The van der Waals surface area contributed by atoms with E-state index in [2.05, 4.69) is 5.32 Å². The molecule has 0 saturated carbocycles. The van der Waals surface area contributed by atoms with Gasteiger partial charge >= 0.3 is 0 Å². The Hall–Kier alpha value is -1.54. The summed E-state index contributed by atoms with van der Waals surface area (Å²) in [6.07, 6.45) is 0. The van der Waals surface area contributed by atoms with Crippen molar-refractivity contribution >= 4 is 23.4 Å². The summed E-state index contributed by atoms with van der Waals surface area (Å²) in [4.78, 5) is 11.2. The van der Waals surface area contributed by atoms with Crippen LogP contribution in [0.4, 0.5) is 10.1 Å². The number of para-hydroxylation sites is 1. The van der Waals surface area contributed by atoms with Gasteiger partial charge in [-0.2, -0.15) is 5.26 Å². The number of hydrogen-bond acceptors (Lipinski definition) is 3. The van der Waals surface area contributed by atoms with Crippen molar-refractivity contribution in [3.63, 3.8) is 0 Å². The van der Waals surface area contributed by atoms with Crippen LogP contribution in [0.25, 0.3) is 0 Å². The van der Waals surface area contributed by atoms with Crippen LogP contribution in [0.2, 0.25) is 0 Å². The molecule has 78 valence electrons. The monoisotopic (exact) mass is 224 g/mol. The second-order valence-electron chi connectivity index (χ2n) is 2.68. The van der Waals surface area contributed by atoms with E-state index in [0.717, 1.165) is 0 Å². The van der Waals surface area contributed by atoms with E-state index in [9.17, 15) is 9.18 Å². The zero-order valence-electron chi connectivity index (χ0n) is 7.87. The summed E-state index contributed by atoms with van der Waals surface area (Å²) in [7, 11) is 0.